The van der Waals surface area contributed by atoms with E-state index in [0.717, 1.165) is 0 Å². The summed E-state index contributed by atoms with van der Waals surface area (Å²) >= 11 is 3.20. The van der Waals surface area contributed by atoms with Crippen molar-refractivity contribution in [1.29, 1.82) is 0 Å². The first-order valence-corrected chi connectivity index (χ1v) is 7.99. The van der Waals surface area contributed by atoms with E-state index in [1.165, 1.54) is 21.9 Å². The zero-order valence-electron chi connectivity index (χ0n) is 12.5. The third kappa shape index (κ3) is 3.40. The molecule has 1 aromatic carbocycles. The number of nitrogens with zero attached hydrogens (tertiary/aromatic N) is 3. The molecule has 1 aliphatic heterocycles. The van der Waals surface area contributed by atoms with Gasteiger partial charge in [0.05, 0.1) is 17.9 Å². The summed E-state index contributed by atoms with van der Waals surface area (Å²) in [5.41, 5.74) is 5.80. The van der Waals surface area contributed by atoms with Crippen LogP contribution in [0.2, 0.25) is 0 Å². The first-order chi connectivity index (χ1) is 11.4. The van der Waals surface area contributed by atoms with Crippen LogP contribution in [0.5, 0.6) is 0 Å². The van der Waals surface area contributed by atoms with Gasteiger partial charge >= 0.3 is 6.09 Å². The van der Waals surface area contributed by atoms with E-state index in [-0.39, 0.29) is 13.0 Å². The van der Waals surface area contributed by atoms with E-state index in [9.17, 15) is 14.0 Å². The summed E-state index contributed by atoms with van der Waals surface area (Å²) in [6, 6.07) is 4.45. The SMILES string of the molecule is NC(=O)CC[C@H]1CN(c2ccc(-n3cnc(Br)c3)c(F)c2)C(=O)O1. The monoisotopic (exact) mass is 396 g/mol. The van der Waals surface area contributed by atoms with Gasteiger partial charge in [-0.25, -0.2) is 14.2 Å². The van der Waals surface area contributed by atoms with Crippen molar-refractivity contribution in [2.75, 3.05) is 11.4 Å². The molecule has 9 heteroatoms. The Hall–Kier alpha value is -2.42. The molecule has 0 spiro atoms. The molecular formula is C15H14BrFN4O3. The van der Waals surface area contributed by atoms with Gasteiger partial charge in [0, 0.05) is 12.6 Å². The Kier molecular flexibility index (Phi) is 4.52. The van der Waals surface area contributed by atoms with E-state index >= 15 is 0 Å². The van der Waals surface area contributed by atoms with Gasteiger partial charge in [0.25, 0.3) is 0 Å². The minimum Gasteiger partial charge on any atom is -0.444 e. The van der Waals surface area contributed by atoms with Gasteiger partial charge in [0.1, 0.15) is 22.9 Å². The van der Waals surface area contributed by atoms with E-state index in [1.54, 1.807) is 18.3 Å². The highest BCUT2D eigenvalue weighted by atomic mass is 79.9. The maximum absolute atomic E-state index is 14.4. The summed E-state index contributed by atoms with van der Waals surface area (Å²) in [5, 5.41) is 0. The van der Waals surface area contributed by atoms with E-state index < -0.39 is 23.9 Å². The number of amides is 2. The lowest BCUT2D eigenvalue weighted by Crippen LogP contribution is -2.25. The Morgan fingerprint density at radius 1 is 1.50 bits per heavy atom. The number of benzene rings is 1. The molecule has 2 amide bonds. The Bertz CT molecular complexity index is 795. The summed E-state index contributed by atoms with van der Waals surface area (Å²) in [7, 11) is 0. The van der Waals surface area contributed by atoms with Crippen LogP contribution in [0.15, 0.2) is 35.3 Å². The quantitative estimate of drug-likeness (QED) is 0.839. The zero-order chi connectivity index (χ0) is 17.3. The van der Waals surface area contributed by atoms with Crippen molar-refractivity contribution in [3.8, 4) is 5.69 Å². The molecule has 2 N–H and O–H groups in total. The van der Waals surface area contributed by atoms with Crippen LogP contribution in [-0.4, -0.2) is 34.2 Å². The molecule has 126 valence electrons. The fourth-order valence-electron chi connectivity index (χ4n) is 2.49. The highest BCUT2D eigenvalue weighted by molar-refractivity contribution is 9.10. The van der Waals surface area contributed by atoms with Gasteiger partial charge in [0.15, 0.2) is 0 Å². The van der Waals surface area contributed by atoms with Gasteiger partial charge < -0.3 is 15.0 Å². The molecule has 3 rings (SSSR count). The molecule has 1 saturated heterocycles. The molecule has 0 aliphatic carbocycles. The van der Waals surface area contributed by atoms with Crippen LogP contribution >= 0.6 is 15.9 Å². The lowest BCUT2D eigenvalue weighted by Gasteiger charge is -2.14. The second kappa shape index (κ2) is 6.60. The number of ether oxygens (including phenoxy) is 1. The van der Waals surface area contributed by atoms with Gasteiger partial charge in [-0.2, -0.15) is 0 Å². The lowest BCUT2D eigenvalue weighted by atomic mass is 10.2. The summed E-state index contributed by atoms with van der Waals surface area (Å²) in [6.45, 7) is 0.252. The molecule has 1 fully saturated rings. The van der Waals surface area contributed by atoms with Crippen molar-refractivity contribution < 1.29 is 18.7 Å². The third-order valence-corrected chi connectivity index (χ3v) is 4.07. The van der Waals surface area contributed by atoms with Gasteiger partial charge in [-0.15, -0.1) is 0 Å². The maximum Gasteiger partial charge on any atom is 0.414 e. The molecule has 0 bridgehead atoms. The molecule has 0 unspecified atom stereocenters. The standard InChI is InChI=1S/C15H14BrFN4O3/c16-13-7-20(8-19-13)12-3-1-9(5-11(12)17)21-6-10(24-15(21)23)2-4-14(18)22/h1,3,5,7-8,10H,2,4,6H2,(H2,18,22)/t10-/m0/s1. The van der Waals surface area contributed by atoms with Crippen LogP contribution in [0.25, 0.3) is 5.69 Å². The number of aromatic nitrogens is 2. The first kappa shape index (κ1) is 16.4. The van der Waals surface area contributed by atoms with Crippen molar-refractivity contribution in [3.05, 3.63) is 41.1 Å². The van der Waals surface area contributed by atoms with Crippen molar-refractivity contribution in [2.45, 2.75) is 18.9 Å². The van der Waals surface area contributed by atoms with Crippen molar-refractivity contribution in [3.63, 3.8) is 0 Å². The molecule has 1 aliphatic rings. The Labute approximate surface area is 145 Å². The minimum atomic E-state index is -0.568. The number of hydrogen-bond acceptors (Lipinski definition) is 4. The highest BCUT2D eigenvalue weighted by Gasteiger charge is 2.32. The second-order valence-electron chi connectivity index (χ2n) is 5.36. The highest BCUT2D eigenvalue weighted by Crippen LogP contribution is 2.27. The number of imidazole rings is 1. The van der Waals surface area contributed by atoms with E-state index in [2.05, 4.69) is 20.9 Å². The fraction of sp³-hybridized carbons (Fsp3) is 0.267. The van der Waals surface area contributed by atoms with Crippen LogP contribution in [-0.2, 0) is 9.53 Å². The summed E-state index contributed by atoms with van der Waals surface area (Å²) in [6.07, 6.45) is 2.59. The number of nitrogens with two attached hydrogens (primary N) is 1. The van der Waals surface area contributed by atoms with Crippen molar-refractivity contribution in [2.24, 2.45) is 5.73 Å². The van der Waals surface area contributed by atoms with Gasteiger partial charge in [-0.3, -0.25) is 9.69 Å². The van der Waals surface area contributed by atoms with Crippen molar-refractivity contribution >= 4 is 33.6 Å². The minimum absolute atomic E-state index is 0.134. The maximum atomic E-state index is 14.4. The number of rotatable bonds is 5. The normalized spacial score (nSPS) is 17.2. The molecule has 0 saturated carbocycles. The molecule has 1 atom stereocenters. The molecule has 7 nitrogen and oxygen atoms in total. The summed E-state index contributed by atoms with van der Waals surface area (Å²) in [4.78, 5) is 28.1. The topological polar surface area (TPSA) is 90.5 Å². The van der Waals surface area contributed by atoms with Crippen LogP contribution in [0.4, 0.5) is 14.9 Å². The Morgan fingerprint density at radius 2 is 2.29 bits per heavy atom. The van der Waals surface area contributed by atoms with Crippen LogP contribution in [0.1, 0.15) is 12.8 Å². The second-order valence-corrected chi connectivity index (χ2v) is 6.17. The van der Waals surface area contributed by atoms with Crippen LogP contribution < -0.4 is 10.6 Å². The molecule has 24 heavy (non-hydrogen) atoms. The number of anilines is 1. The molecule has 2 heterocycles. The van der Waals surface area contributed by atoms with E-state index in [4.69, 9.17) is 10.5 Å². The summed E-state index contributed by atoms with van der Waals surface area (Å²) < 4.78 is 21.7. The smallest absolute Gasteiger partial charge is 0.414 e. The van der Waals surface area contributed by atoms with Gasteiger partial charge in [0.2, 0.25) is 5.91 Å². The predicted octanol–water partition coefficient (Wildman–Crippen LogP) is 2.36. The summed E-state index contributed by atoms with van der Waals surface area (Å²) in [5.74, 6) is -0.947. The molecular weight excluding hydrogens is 383 g/mol. The number of carbonyl (C=O) groups is 2. The number of hydrogen-bond donors (Lipinski definition) is 1. The average molecular weight is 397 g/mol. The van der Waals surface area contributed by atoms with Gasteiger partial charge in [-0.1, -0.05) is 0 Å². The largest absolute Gasteiger partial charge is 0.444 e. The number of halogens is 2. The number of cyclic esters (lactones) is 1. The molecule has 0 radical (unpaired) electrons. The predicted molar refractivity (Wildman–Crippen MR) is 87.3 cm³/mol. The van der Waals surface area contributed by atoms with Crippen LogP contribution in [0.3, 0.4) is 0 Å². The Morgan fingerprint density at radius 3 is 2.92 bits per heavy atom. The molecule has 2 aromatic rings. The zero-order valence-corrected chi connectivity index (χ0v) is 14.1. The van der Waals surface area contributed by atoms with E-state index in [0.29, 0.717) is 22.4 Å². The number of carbonyl (C=O) groups excluding carboxylic acids is 2. The fourth-order valence-corrected chi connectivity index (χ4v) is 2.80. The van der Waals surface area contributed by atoms with E-state index in [1.807, 2.05) is 0 Å². The Balaban J connectivity index is 1.77. The van der Waals surface area contributed by atoms with Gasteiger partial charge in [-0.05, 0) is 40.5 Å². The lowest BCUT2D eigenvalue weighted by molar-refractivity contribution is -0.118. The first-order valence-electron chi connectivity index (χ1n) is 7.20. The number of primary amides is 1. The average Bonchev–Trinajstić information content (AvgIpc) is 3.11. The van der Waals surface area contributed by atoms with Crippen LogP contribution in [0, 0.1) is 5.82 Å². The van der Waals surface area contributed by atoms with Crippen molar-refractivity contribution in [1.82, 2.24) is 9.55 Å². The third-order valence-electron chi connectivity index (χ3n) is 3.66. The molecule has 1 aromatic heterocycles.